The van der Waals surface area contributed by atoms with Gasteiger partial charge in [0.25, 0.3) is 11.9 Å². The summed E-state index contributed by atoms with van der Waals surface area (Å²) in [5, 5.41) is 7.35. The van der Waals surface area contributed by atoms with Crippen LogP contribution in [-0.2, 0) is 12.8 Å². The van der Waals surface area contributed by atoms with E-state index in [1.807, 2.05) is 24.4 Å². The van der Waals surface area contributed by atoms with Gasteiger partial charge in [0.05, 0.1) is 12.8 Å². The van der Waals surface area contributed by atoms with E-state index in [0.29, 0.717) is 11.5 Å². The number of nitrogens with zero attached hydrogens (tertiary/aromatic N) is 4. The maximum Gasteiger partial charge on any atom is 0.256 e. The van der Waals surface area contributed by atoms with E-state index in [1.165, 1.54) is 10.2 Å². The monoisotopic (exact) mass is 433 g/mol. The fraction of sp³-hybridized carbons (Fsp3) is 0.391. The first kappa shape index (κ1) is 20.4. The van der Waals surface area contributed by atoms with E-state index in [1.54, 1.807) is 13.3 Å². The van der Waals surface area contributed by atoms with Crippen molar-refractivity contribution in [3.05, 3.63) is 47.3 Å². The predicted octanol–water partition coefficient (Wildman–Crippen LogP) is 2.02. The van der Waals surface area contributed by atoms with Crippen LogP contribution >= 0.6 is 0 Å². The lowest BCUT2D eigenvalue weighted by atomic mass is 9.90. The smallest absolute Gasteiger partial charge is 0.256 e. The highest BCUT2D eigenvalue weighted by Crippen LogP contribution is 2.34. The van der Waals surface area contributed by atoms with Gasteiger partial charge in [-0.3, -0.25) is 4.79 Å². The van der Waals surface area contributed by atoms with E-state index in [4.69, 9.17) is 21.2 Å². The Morgan fingerprint density at radius 3 is 2.91 bits per heavy atom. The number of nitrogens with two attached hydrogens (primary N) is 2. The summed E-state index contributed by atoms with van der Waals surface area (Å²) in [6.45, 7) is 0. The molecule has 2 aliphatic rings. The highest BCUT2D eigenvalue weighted by Gasteiger charge is 2.24. The molecule has 3 aromatic rings. The zero-order valence-electron chi connectivity index (χ0n) is 18.0. The number of aromatic nitrogens is 4. The Morgan fingerprint density at radius 1 is 1.25 bits per heavy atom. The summed E-state index contributed by atoms with van der Waals surface area (Å²) in [5.74, 6) is 1.10. The second kappa shape index (κ2) is 8.23. The number of hydrogen-bond acceptors (Lipinski definition) is 7. The van der Waals surface area contributed by atoms with Crippen molar-refractivity contribution in [3.8, 4) is 23.0 Å². The number of fused-ring (bicyclic) bond motifs is 3. The summed E-state index contributed by atoms with van der Waals surface area (Å²) in [4.78, 5) is 22.0. The molecule has 2 atom stereocenters. The van der Waals surface area contributed by atoms with Gasteiger partial charge in [0.2, 0.25) is 0 Å². The molecule has 0 saturated heterocycles. The van der Waals surface area contributed by atoms with Gasteiger partial charge in [-0.25, -0.2) is 14.6 Å². The molecule has 1 amide bonds. The predicted molar refractivity (Wildman–Crippen MR) is 121 cm³/mol. The minimum absolute atomic E-state index is 0.0579. The first-order valence-corrected chi connectivity index (χ1v) is 11.0. The van der Waals surface area contributed by atoms with Crippen LogP contribution in [-0.4, -0.2) is 44.8 Å². The summed E-state index contributed by atoms with van der Waals surface area (Å²) in [6, 6.07) is 6.18. The lowest BCUT2D eigenvalue weighted by Crippen LogP contribution is -2.42. The summed E-state index contributed by atoms with van der Waals surface area (Å²) >= 11 is 0. The van der Waals surface area contributed by atoms with E-state index < -0.39 is 0 Å². The quantitative estimate of drug-likeness (QED) is 0.573. The molecule has 2 aromatic heterocycles. The van der Waals surface area contributed by atoms with E-state index >= 15 is 0 Å². The number of rotatable bonds is 4. The lowest BCUT2D eigenvalue weighted by Gasteiger charge is -2.27. The van der Waals surface area contributed by atoms with E-state index in [9.17, 15) is 4.79 Å². The van der Waals surface area contributed by atoms with Crippen molar-refractivity contribution < 1.29 is 9.53 Å². The number of anilines is 1. The second-order valence-corrected chi connectivity index (χ2v) is 8.54. The molecule has 1 saturated carbocycles. The number of carbonyl (C=O) groups is 1. The van der Waals surface area contributed by atoms with Crippen molar-refractivity contribution in [1.29, 1.82) is 0 Å². The first-order valence-electron chi connectivity index (χ1n) is 11.0. The molecular formula is C23H27N7O2. The van der Waals surface area contributed by atoms with Crippen molar-refractivity contribution >= 4 is 11.7 Å². The van der Waals surface area contributed by atoms with Crippen molar-refractivity contribution in [1.82, 2.24) is 25.1 Å². The van der Waals surface area contributed by atoms with Gasteiger partial charge in [-0.2, -0.15) is 0 Å². The van der Waals surface area contributed by atoms with Crippen LogP contribution < -0.4 is 21.5 Å². The Bertz CT molecular complexity index is 1170. The summed E-state index contributed by atoms with van der Waals surface area (Å²) in [7, 11) is 1.66. The van der Waals surface area contributed by atoms with Gasteiger partial charge < -0.3 is 21.5 Å². The van der Waals surface area contributed by atoms with Gasteiger partial charge in [0.1, 0.15) is 11.3 Å². The lowest BCUT2D eigenvalue weighted by molar-refractivity contribution is 0.0926. The van der Waals surface area contributed by atoms with E-state index in [-0.39, 0.29) is 23.8 Å². The fourth-order valence-corrected chi connectivity index (χ4v) is 4.61. The third kappa shape index (κ3) is 3.80. The standard InChI is InChI=1S/C23H27N7O2/c1-32-17-7-8-18-13(9-17)5-6-14-11-26-23(28-20(14)18)30-12-19(21(25)29-30)22(31)27-16-4-2-3-15(24)10-16/h7-9,11-12,15-16H,2-6,10,24H2,1H3,(H2,25,29)(H,27,31). The van der Waals surface area contributed by atoms with Gasteiger partial charge in [-0.1, -0.05) is 0 Å². The number of hydrogen-bond donors (Lipinski definition) is 3. The SMILES string of the molecule is COc1ccc2c(c1)CCc1cnc(-n3cc(C(=O)NC4CCCC(N)C4)c(N)n3)nc1-2. The van der Waals surface area contributed by atoms with Crippen LogP contribution in [0.1, 0.15) is 47.2 Å². The zero-order chi connectivity index (χ0) is 22.2. The van der Waals surface area contributed by atoms with Crippen LogP contribution in [0.3, 0.4) is 0 Å². The van der Waals surface area contributed by atoms with Gasteiger partial charge in [-0.15, -0.1) is 5.10 Å². The molecule has 0 radical (unpaired) electrons. The molecule has 0 spiro atoms. The number of aryl methyl sites for hydroxylation is 2. The number of nitrogens with one attached hydrogen (secondary N) is 1. The Morgan fingerprint density at radius 2 is 2.09 bits per heavy atom. The summed E-state index contributed by atoms with van der Waals surface area (Å²) < 4.78 is 6.82. The fourth-order valence-electron chi connectivity index (χ4n) is 4.61. The van der Waals surface area contributed by atoms with Gasteiger partial charge in [0, 0.05) is 30.0 Å². The minimum Gasteiger partial charge on any atom is -0.497 e. The second-order valence-electron chi connectivity index (χ2n) is 8.54. The summed E-state index contributed by atoms with van der Waals surface area (Å²) in [6.07, 6.45) is 8.89. The van der Waals surface area contributed by atoms with Crippen LogP contribution in [0, 0.1) is 0 Å². The highest BCUT2D eigenvalue weighted by molar-refractivity contribution is 5.98. The average molecular weight is 434 g/mol. The minimum atomic E-state index is -0.247. The molecular weight excluding hydrogens is 406 g/mol. The first-order chi connectivity index (χ1) is 15.5. The van der Waals surface area contributed by atoms with Crippen LogP contribution in [0.2, 0.25) is 0 Å². The number of amides is 1. The number of benzene rings is 1. The molecule has 2 aliphatic carbocycles. The maximum atomic E-state index is 12.8. The zero-order valence-corrected chi connectivity index (χ0v) is 18.0. The van der Waals surface area contributed by atoms with Gasteiger partial charge >= 0.3 is 0 Å². The molecule has 2 heterocycles. The molecule has 1 fully saturated rings. The van der Waals surface area contributed by atoms with Crippen LogP contribution in [0.25, 0.3) is 17.2 Å². The van der Waals surface area contributed by atoms with Crippen molar-refractivity contribution in [3.63, 3.8) is 0 Å². The Labute approximate surface area is 186 Å². The number of ether oxygens (including phenoxy) is 1. The third-order valence-electron chi connectivity index (χ3n) is 6.33. The van der Waals surface area contributed by atoms with E-state index in [2.05, 4.69) is 15.4 Å². The molecule has 5 rings (SSSR count). The molecule has 9 heteroatoms. The van der Waals surface area contributed by atoms with Crippen LogP contribution in [0.15, 0.2) is 30.6 Å². The number of nitrogen functional groups attached to an aromatic ring is 1. The largest absolute Gasteiger partial charge is 0.497 e. The maximum absolute atomic E-state index is 12.8. The average Bonchev–Trinajstić information content (AvgIpc) is 3.20. The third-order valence-corrected chi connectivity index (χ3v) is 6.33. The molecule has 0 aliphatic heterocycles. The highest BCUT2D eigenvalue weighted by atomic mass is 16.5. The Kier molecular flexibility index (Phi) is 5.26. The normalized spacial score (nSPS) is 19.7. The molecule has 2 unspecified atom stereocenters. The van der Waals surface area contributed by atoms with E-state index in [0.717, 1.165) is 61.1 Å². The molecule has 9 nitrogen and oxygen atoms in total. The molecule has 1 aromatic carbocycles. The van der Waals surface area contributed by atoms with Crippen molar-refractivity contribution in [2.24, 2.45) is 5.73 Å². The van der Waals surface area contributed by atoms with Crippen molar-refractivity contribution in [2.45, 2.75) is 50.6 Å². The van der Waals surface area contributed by atoms with Gasteiger partial charge in [0.15, 0.2) is 5.82 Å². The molecule has 32 heavy (non-hydrogen) atoms. The number of methoxy groups -OCH3 is 1. The van der Waals surface area contributed by atoms with Crippen LogP contribution in [0.5, 0.6) is 5.75 Å². The van der Waals surface area contributed by atoms with Crippen LogP contribution in [0.4, 0.5) is 5.82 Å². The summed E-state index contributed by atoms with van der Waals surface area (Å²) in [5.41, 5.74) is 16.6. The number of carbonyl (C=O) groups excluding carboxylic acids is 1. The topological polar surface area (TPSA) is 134 Å². The molecule has 0 bridgehead atoms. The van der Waals surface area contributed by atoms with Gasteiger partial charge in [-0.05, 0) is 67.9 Å². The Balaban J connectivity index is 1.42. The van der Waals surface area contributed by atoms with Crippen molar-refractivity contribution in [2.75, 3.05) is 12.8 Å². The Hall–Kier alpha value is -3.46. The molecule has 5 N–H and O–H groups in total. The molecule has 166 valence electrons.